The molecule has 2 N–H and O–H groups in total. The number of aryl methyl sites for hydroxylation is 2. The van der Waals surface area contributed by atoms with Crippen LogP contribution in [0.1, 0.15) is 37.2 Å². The Morgan fingerprint density at radius 1 is 1.18 bits per heavy atom. The van der Waals surface area contributed by atoms with Gasteiger partial charge in [-0.25, -0.2) is 19.3 Å². The highest BCUT2D eigenvalue weighted by atomic mass is 16.5. The maximum atomic E-state index is 12.9. The van der Waals surface area contributed by atoms with Crippen molar-refractivity contribution >= 4 is 34.9 Å². The molecule has 0 atom stereocenters. The van der Waals surface area contributed by atoms with E-state index in [1.807, 2.05) is 38.1 Å². The number of amidine groups is 1. The topological polar surface area (TPSA) is 123 Å². The molecular formula is C23H25N7O3. The minimum absolute atomic E-state index is 0.159. The molecule has 0 saturated heterocycles. The van der Waals surface area contributed by atoms with Crippen molar-refractivity contribution in [3.8, 4) is 0 Å². The molecule has 3 heterocycles. The van der Waals surface area contributed by atoms with Crippen LogP contribution in [0.2, 0.25) is 0 Å². The number of amides is 1. The first kappa shape index (κ1) is 22.1. The lowest BCUT2D eigenvalue weighted by molar-refractivity contribution is -0.137. The molecule has 1 amide bonds. The van der Waals surface area contributed by atoms with Gasteiger partial charge in [-0.2, -0.15) is 10.1 Å². The lowest BCUT2D eigenvalue weighted by Crippen LogP contribution is -2.35. The number of nitrogens with zero attached hydrogens (tertiary/aromatic N) is 5. The fourth-order valence-electron chi connectivity index (χ4n) is 3.79. The molecule has 1 aliphatic rings. The molecule has 0 bridgehead atoms. The lowest BCUT2D eigenvalue weighted by Gasteiger charge is -2.14. The van der Waals surface area contributed by atoms with E-state index in [4.69, 9.17) is 4.74 Å². The van der Waals surface area contributed by atoms with Crippen LogP contribution in [0.4, 0.5) is 11.4 Å². The van der Waals surface area contributed by atoms with Crippen LogP contribution in [-0.2, 0) is 20.7 Å². The van der Waals surface area contributed by atoms with E-state index in [-0.39, 0.29) is 30.3 Å². The molecule has 33 heavy (non-hydrogen) atoms. The van der Waals surface area contributed by atoms with Crippen molar-refractivity contribution in [3.05, 3.63) is 58.8 Å². The van der Waals surface area contributed by atoms with E-state index in [1.165, 1.54) is 6.33 Å². The summed E-state index contributed by atoms with van der Waals surface area (Å²) in [5.41, 5.74) is 4.70. The zero-order valence-electron chi connectivity index (χ0n) is 19.0. The maximum absolute atomic E-state index is 12.9. The third-order valence-electron chi connectivity index (χ3n) is 5.40. The van der Waals surface area contributed by atoms with Gasteiger partial charge >= 0.3 is 5.97 Å². The Hall–Kier alpha value is -4.08. The highest BCUT2D eigenvalue weighted by Gasteiger charge is 2.26. The number of allylic oxidation sites excluding steroid dienone is 1. The molecule has 0 unspecified atom stereocenters. The zero-order valence-corrected chi connectivity index (χ0v) is 19.0. The van der Waals surface area contributed by atoms with Crippen LogP contribution in [0.5, 0.6) is 0 Å². The number of carbonyl (C=O) groups is 2. The Morgan fingerprint density at radius 2 is 1.97 bits per heavy atom. The van der Waals surface area contributed by atoms with Crippen molar-refractivity contribution < 1.29 is 14.3 Å². The molecule has 0 aliphatic carbocycles. The number of aromatic nitrogens is 4. The van der Waals surface area contributed by atoms with E-state index in [2.05, 4.69) is 30.7 Å². The number of esters is 1. The standard InChI is InChI=1S/C23H25N7O3/c1-5-33-22(32)20-14(3)26-17-8-6-7-9-18(17)28-21(20)29-19(31)11-10-16-13(2)27-23-24-12-25-30(23)15(16)4/h6-9,12,26H,5,10-11H2,1-4H3,(H,28,29,31). The summed E-state index contributed by atoms with van der Waals surface area (Å²) >= 11 is 0. The fraction of sp³-hybridized carbons (Fsp3) is 0.304. The normalized spacial score (nSPS) is 13.2. The van der Waals surface area contributed by atoms with Crippen LogP contribution in [0.3, 0.4) is 0 Å². The average molecular weight is 447 g/mol. The number of benzene rings is 1. The van der Waals surface area contributed by atoms with Crippen LogP contribution in [0, 0.1) is 13.8 Å². The van der Waals surface area contributed by atoms with Crippen LogP contribution < -0.4 is 10.6 Å². The number of para-hydroxylation sites is 2. The van der Waals surface area contributed by atoms with Gasteiger partial charge in [0, 0.05) is 23.5 Å². The highest BCUT2D eigenvalue weighted by molar-refractivity contribution is 6.24. The molecule has 10 heteroatoms. The molecule has 10 nitrogen and oxygen atoms in total. The second-order valence-corrected chi connectivity index (χ2v) is 7.60. The maximum Gasteiger partial charge on any atom is 0.343 e. The van der Waals surface area contributed by atoms with Crippen LogP contribution in [-0.4, -0.2) is 43.9 Å². The summed E-state index contributed by atoms with van der Waals surface area (Å²) in [5, 5.41) is 10.2. The second-order valence-electron chi connectivity index (χ2n) is 7.60. The van der Waals surface area contributed by atoms with E-state index in [1.54, 1.807) is 18.4 Å². The Bertz CT molecular complexity index is 1310. The Labute approximate surface area is 190 Å². The number of nitrogens with one attached hydrogen (secondary N) is 2. The Kier molecular flexibility index (Phi) is 6.16. The Balaban J connectivity index is 1.59. The Morgan fingerprint density at radius 3 is 2.76 bits per heavy atom. The summed E-state index contributed by atoms with van der Waals surface area (Å²) in [4.78, 5) is 38.8. The number of hydrogen-bond donors (Lipinski definition) is 2. The molecule has 0 spiro atoms. The molecule has 1 aromatic carbocycles. The molecule has 0 fully saturated rings. The van der Waals surface area contributed by atoms with Gasteiger partial charge in [-0.05, 0) is 51.8 Å². The molecule has 4 rings (SSSR count). The summed E-state index contributed by atoms with van der Waals surface area (Å²) in [6.07, 6.45) is 2.07. The first-order valence-corrected chi connectivity index (χ1v) is 10.7. The summed E-state index contributed by atoms with van der Waals surface area (Å²) < 4.78 is 6.88. The van der Waals surface area contributed by atoms with Crippen molar-refractivity contribution in [3.63, 3.8) is 0 Å². The number of rotatable bonds is 5. The van der Waals surface area contributed by atoms with Crippen molar-refractivity contribution in [2.24, 2.45) is 4.99 Å². The third-order valence-corrected chi connectivity index (χ3v) is 5.40. The van der Waals surface area contributed by atoms with Crippen molar-refractivity contribution in [2.75, 3.05) is 11.9 Å². The van der Waals surface area contributed by atoms with E-state index in [9.17, 15) is 9.59 Å². The monoisotopic (exact) mass is 447 g/mol. The smallest absolute Gasteiger partial charge is 0.343 e. The number of anilines is 1. The first-order chi connectivity index (χ1) is 15.9. The summed E-state index contributed by atoms with van der Waals surface area (Å²) in [5.74, 6) is -0.148. The van der Waals surface area contributed by atoms with Gasteiger partial charge in [-0.3, -0.25) is 4.79 Å². The SMILES string of the molecule is CCOC(=O)C1=C(C)Nc2ccccc2N=C1NC(=O)CCc1c(C)nc2ncnn2c1C. The van der Waals surface area contributed by atoms with Gasteiger partial charge in [0.05, 0.1) is 18.0 Å². The molecule has 170 valence electrons. The molecule has 2 aromatic heterocycles. The van der Waals surface area contributed by atoms with E-state index in [0.29, 0.717) is 23.6 Å². The van der Waals surface area contributed by atoms with Gasteiger partial charge in [-0.1, -0.05) is 12.1 Å². The summed E-state index contributed by atoms with van der Waals surface area (Å²) in [6.45, 7) is 7.50. The average Bonchev–Trinajstić information content (AvgIpc) is 3.18. The molecule has 1 aliphatic heterocycles. The molecular weight excluding hydrogens is 422 g/mol. The largest absolute Gasteiger partial charge is 0.462 e. The molecule has 3 aromatic rings. The van der Waals surface area contributed by atoms with E-state index < -0.39 is 5.97 Å². The number of fused-ring (bicyclic) bond motifs is 2. The van der Waals surface area contributed by atoms with Crippen LogP contribution in [0.25, 0.3) is 5.78 Å². The van der Waals surface area contributed by atoms with Crippen molar-refractivity contribution in [1.82, 2.24) is 24.9 Å². The van der Waals surface area contributed by atoms with Crippen LogP contribution in [0.15, 0.2) is 46.9 Å². The lowest BCUT2D eigenvalue weighted by atomic mass is 10.1. The van der Waals surface area contributed by atoms with Gasteiger partial charge in [0.15, 0.2) is 0 Å². The fourth-order valence-corrected chi connectivity index (χ4v) is 3.79. The van der Waals surface area contributed by atoms with E-state index >= 15 is 0 Å². The van der Waals surface area contributed by atoms with Gasteiger partial charge < -0.3 is 15.4 Å². The summed E-state index contributed by atoms with van der Waals surface area (Å²) in [7, 11) is 0. The van der Waals surface area contributed by atoms with Gasteiger partial charge in [-0.15, -0.1) is 0 Å². The first-order valence-electron chi connectivity index (χ1n) is 10.7. The number of ether oxygens (including phenoxy) is 1. The highest BCUT2D eigenvalue weighted by Crippen LogP contribution is 2.30. The van der Waals surface area contributed by atoms with Crippen molar-refractivity contribution in [1.29, 1.82) is 0 Å². The van der Waals surface area contributed by atoms with Gasteiger partial charge in [0.2, 0.25) is 5.91 Å². The van der Waals surface area contributed by atoms with Gasteiger partial charge in [0.1, 0.15) is 17.7 Å². The third kappa shape index (κ3) is 4.45. The quantitative estimate of drug-likeness (QED) is 0.577. The molecule has 0 saturated carbocycles. The number of carbonyl (C=O) groups excluding carboxylic acids is 2. The number of hydrogen-bond acceptors (Lipinski definition) is 8. The predicted molar refractivity (Wildman–Crippen MR) is 123 cm³/mol. The van der Waals surface area contributed by atoms with E-state index in [0.717, 1.165) is 22.6 Å². The number of aliphatic imine (C=N–C) groups is 1. The molecule has 0 radical (unpaired) electrons. The van der Waals surface area contributed by atoms with Crippen LogP contribution >= 0.6 is 0 Å². The predicted octanol–water partition coefficient (Wildman–Crippen LogP) is 2.78. The zero-order chi connectivity index (χ0) is 23.5. The second kappa shape index (κ2) is 9.19. The minimum atomic E-state index is -0.554. The van der Waals surface area contributed by atoms with Crippen molar-refractivity contribution in [2.45, 2.75) is 40.5 Å². The summed E-state index contributed by atoms with van der Waals surface area (Å²) in [6, 6.07) is 7.37. The van der Waals surface area contributed by atoms with Gasteiger partial charge in [0.25, 0.3) is 5.78 Å². The minimum Gasteiger partial charge on any atom is -0.462 e.